The highest BCUT2D eigenvalue weighted by molar-refractivity contribution is 6.19. The van der Waals surface area contributed by atoms with E-state index in [1.165, 1.54) is 11.8 Å². The second-order valence-electron chi connectivity index (χ2n) is 9.11. The summed E-state index contributed by atoms with van der Waals surface area (Å²) in [4.78, 5) is 47.1. The van der Waals surface area contributed by atoms with Crippen LogP contribution in [0.2, 0.25) is 0 Å². The van der Waals surface area contributed by atoms with Crippen molar-refractivity contribution in [3.8, 4) is 11.8 Å². The maximum atomic E-state index is 15.1. The van der Waals surface area contributed by atoms with Crippen LogP contribution < -0.4 is 4.90 Å². The third-order valence-corrected chi connectivity index (χ3v) is 6.66. The number of carbonyl (C=O) groups is 3. The van der Waals surface area contributed by atoms with Gasteiger partial charge in [0.25, 0.3) is 0 Å². The van der Waals surface area contributed by atoms with Gasteiger partial charge < -0.3 is 14.4 Å². The zero-order valence-electron chi connectivity index (χ0n) is 20.0. The number of amides is 4. The molecule has 0 unspecified atom stereocenters. The number of imide groups is 1. The van der Waals surface area contributed by atoms with Crippen LogP contribution in [-0.4, -0.2) is 62.4 Å². The first kappa shape index (κ1) is 24.2. The fourth-order valence-corrected chi connectivity index (χ4v) is 4.71. The molecule has 3 aromatic rings. The summed E-state index contributed by atoms with van der Waals surface area (Å²) in [5.74, 6) is 2.10. The molecule has 2 aliphatic heterocycles. The van der Waals surface area contributed by atoms with Crippen LogP contribution in [0.25, 0.3) is 0 Å². The molecule has 2 saturated heterocycles. The van der Waals surface area contributed by atoms with Gasteiger partial charge in [0.1, 0.15) is 11.2 Å². The Morgan fingerprint density at radius 3 is 2.35 bits per heavy atom. The highest BCUT2D eigenvalue weighted by Gasteiger charge is 2.55. The molecular formula is C27H23F2N5O3. The maximum Gasteiger partial charge on any atom is 0.332 e. The van der Waals surface area contributed by atoms with Gasteiger partial charge in [-0.2, -0.15) is 0 Å². The molecule has 3 heterocycles. The number of piperazine rings is 1. The number of halogens is 2. The highest BCUT2D eigenvalue weighted by atomic mass is 19.1. The predicted octanol–water partition coefficient (Wildman–Crippen LogP) is 3.02. The van der Waals surface area contributed by atoms with Crippen LogP contribution in [0.3, 0.4) is 0 Å². The molecule has 4 amide bonds. The minimum absolute atomic E-state index is 0.0611. The van der Waals surface area contributed by atoms with Gasteiger partial charge in [0.2, 0.25) is 11.8 Å². The number of hydrogen-bond donors (Lipinski definition) is 0. The lowest BCUT2D eigenvalue weighted by molar-refractivity contribution is -0.151. The number of imidazole rings is 1. The fourth-order valence-electron chi connectivity index (χ4n) is 4.71. The lowest BCUT2D eigenvalue weighted by Gasteiger charge is -2.51. The summed E-state index contributed by atoms with van der Waals surface area (Å²) >= 11 is 0. The Labute approximate surface area is 212 Å². The Kier molecular flexibility index (Phi) is 6.21. The summed E-state index contributed by atoms with van der Waals surface area (Å²) in [7, 11) is 0. The number of benzene rings is 2. The third-order valence-electron chi connectivity index (χ3n) is 6.66. The van der Waals surface area contributed by atoms with Crippen molar-refractivity contribution in [1.29, 1.82) is 0 Å². The molecule has 2 aromatic carbocycles. The quantitative estimate of drug-likeness (QED) is 0.513. The van der Waals surface area contributed by atoms with Crippen molar-refractivity contribution < 1.29 is 23.2 Å². The first-order valence-electron chi connectivity index (χ1n) is 11.7. The Morgan fingerprint density at radius 2 is 1.68 bits per heavy atom. The largest absolute Gasteiger partial charge is 0.337 e. The van der Waals surface area contributed by atoms with Crippen molar-refractivity contribution in [3.05, 3.63) is 83.9 Å². The minimum atomic E-state index is -1.44. The van der Waals surface area contributed by atoms with Gasteiger partial charge in [-0.1, -0.05) is 30.0 Å². The van der Waals surface area contributed by atoms with E-state index in [0.717, 1.165) is 12.1 Å². The van der Waals surface area contributed by atoms with Crippen LogP contribution in [0, 0.1) is 23.5 Å². The van der Waals surface area contributed by atoms with Crippen molar-refractivity contribution in [3.63, 3.8) is 0 Å². The van der Waals surface area contributed by atoms with E-state index >= 15 is 8.78 Å². The number of carbonyl (C=O) groups excluding carboxylic acids is 3. The first-order chi connectivity index (χ1) is 17.8. The summed E-state index contributed by atoms with van der Waals surface area (Å²) in [6, 6.07) is 9.97. The number of aromatic nitrogens is 2. The molecular weight excluding hydrogens is 480 g/mol. The van der Waals surface area contributed by atoms with Gasteiger partial charge in [0.15, 0.2) is 11.6 Å². The Morgan fingerprint density at radius 1 is 0.973 bits per heavy atom. The molecule has 0 N–H and O–H groups in total. The molecule has 2 aliphatic rings. The van der Waals surface area contributed by atoms with E-state index in [9.17, 15) is 14.4 Å². The summed E-state index contributed by atoms with van der Waals surface area (Å²) < 4.78 is 32.0. The molecule has 2 fully saturated rings. The monoisotopic (exact) mass is 503 g/mol. The van der Waals surface area contributed by atoms with E-state index in [1.54, 1.807) is 47.9 Å². The zero-order valence-corrected chi connectivity index (χ0v) is 20.0. The van der Waals surface area contributed by atoms with Gasteiger partial charge >= 0.3 is 6.03 Å². The van der Waals surface area contributed by atoms with E-state index in [0.29, 0.717) is 23.6 Å². The van der Waals surface area contributed by atoms with Crippen molar-refractivity contribution in [2.45, 2.75) is 25.4 Å². The Hall–Kier alpha value is -4.52. The van der Waals surface area contributed by atoms with Gasteiger partial charge in [0, 0.05) is 49.7 Å². The topological polar surface area (TPSA) is 78.8 Å². The first-order valence-corrected chi connectivity index (χ1v) is 11.7. The van der Waals surface area contributed by atoms with Crippen molar-refractivity contribution in [2.24, 2.45) is 0 Å². The molecule has 0 saturated carbocycles. The van der Waals surface area contributed by atoms with E-state index in [4.69, 9.17) is 0 Å². The van der Waals surface area contributed by atoms with Gasteiger partial charge in [-0.15, -0.1) is 0 Å². The zero-order chi connectivity index (χ0) is 26.2. The maximum absolute atomic E-state index is 15.1. The standard InChI is InChI=1S/C27H23F2N5O3/c1-27-17-23(35)34(24-21(28)15-20(16-22(24)29)8-7-19-5-3-2-4-6-19)26(37)33(27)14-13-32(25(27)36)12-11-31-10-9-30-18-31/h2-6,9-10,15-16,18H,11-14,17H2,1H3/t27-/m0/s1. The molecule has 37 heavy (non-hydrogen) atoms. The summed E-state index contributed by atoms with van der Waals surface area (Å²) in [6.45, 7) is 2.75. The van der Waals surface area contributed by atoms with Gasteiger partial charge in [0.05, 0.1) is 12.7 Å². The highest BCUT2D eigenvalue weighted by Crippen LogP contribution is 2.36. The average Bonchev–Trinajstić information content (AvgIpc) is 3.39. The van der Waals surface area contributed by atoms with Crippen molar-refractivity contribution >= 4 is 23.5 Å². The van der Waals surface area contributed by atoms with Crippen molar-refractivity contribution in [2.75, 3.05) is 24.5 Å². The van der Waals surface area contributed by atoms with Crippen LogP contribution in [0.4, 0.5) is 19.3 Å². The molecule has 0 bridgehead atoms. The molecule has 1 aromatic heterocycles. The molecule has 8 nitrogen and oxygen atoms in total. The average molecular weight is 504 g/mol. The lowest BCUT2D eigenvalue weighted by atomic mass is 9.88. The van der Waals surface area contributed by atoms with Crippen molar-refractivity contribution in [1.82, 2.24) is 19.4 Å². The van der Waals surface area contributed by atoms with E-state index < -0.39 is 41.2 Å². The number of fused-ring (bicyclic) bond motifs is 1. The van der Waals surface area contributed by atoms with Crippen LogP contribution >= 0.6 is 0 Å². The van der Waals surface area contributed by atoms with Gasteiger partial charge in [-0.05, 0) is 31.2 Å². The Balaban J connectivity index is 1.38. The number of rotatable bonds is 4. The number of hydrogen-bond acceptors (Lipinski definition) is 4. The molecule has 0 spiro atoms. The predicted molar refractivity (Wildman–Crippen MR) is 130 cm³/mol. The van der Waals surface area contributed by atoms with E-state index in [-0.39, 0.29) is 24.6 Å². The smallest absolute Gasteiger partial charge is 0.332 e. The number of nitrogens with zero attached hydrogens (tertiary/aromatic N) is 5. The SMILES string of the molecule is C[C@@]12CC(=O)N(c3c(F)cc(C#Cc4ccccc4)cc3F)C(=O)N1CCN(CCn1ccnc1)C2=O. The summed E-state index contributed by atoms with van der Waals surface area (Å²) in [6.07, 6.45) is 4.65. The summed E-state index contributed by atoms with van der Waals surface area (Å²) in [5, 5.41) is 0. The summed E-state index contributed by atoms with van der Waals surface area (Å²) in [5.41, 5.74) is -1.48. The van der Waals surface area contributed by atoms with Crippen LogP contribution in [0.1, 0.15) is 24.5 Å². The van der Waals surface area contributed by atoms with E-state index in [2.05, 4.69) is 16.8 Å². The molecule has 0 aliphatic carbocycles. The van der Waals surface area contributed by atoms with Gasteiger partial charge in [-0.25, -0.2) is 23.5 Å². The van der Waals surface area contributed by atoms with E-state index in [1.807, 2.05) is 10.6 Å². The van der Waals surface area contributed by atoms with Crippen LogP contribution in [-0.2, 0) is 16.1 Å². The molecule has 0 radical (unpaired) electrons. The normalized spacial score (nSPS) is 19.5. The minimum Gasteiger partial charge on any atom is -0.337 e. The number of anilines is 1. The molecule has 10 heteroatoms. The fraction of sp³-hybridized carbons (Fsp3) is 0.259. The number of urea groups is 1. The lowest BCUT2D eigenvalue weighted by Crippen LogP contribution is -2.72. The second kappa shape index (κ2) is 9.50. The second-order valence-corrected chi connectivity index (χ2v) is 9.11. The molecule has 1 atom stereocenters. The Bertz CT molecular complexity index is 1410. The third kappa shape index (κ3) is 4.44. The molecule has 5 rings (SSSR count). The van der Waals surface area contributed by atoms with Crippen LogP contribution in [0.5, 0.6) is 0 Å². The van der Waals surface area contributed by atoms with Gasteiger partial charge in [-0.3, -0.25) is 9.59 Å². The van der Waals surface area contributed by atoms with Crippen LogP contribution in [0.15, 0.2) is 61.2 Å². The molecule has 188 valence electrons.